The second kappa shape index (κ2) is 7.09. The normalized spacial score (nSPS) is 14.6. The quantitative estimate of drug-likeness (QED) is 0.871. The number of nitrogens with zero attached hydrogens (tertiary/aromatic N) is 1. The van der Waals surface area contributed by atoms with Crippen molar-refractivity contribution in [3.05, 3.63) is 65.7 Å². The maximum atomic E-state index is 12.5. The van der Waals surface area contributed by atoms with Crippen molar-refractivity contribution in [2.45, 2.75) is 6.61 Å². The van der Waals surface area contributed by atoms with E-state index in [1.54, 1.807) is 0 Å². The highest BCUT2D eigenvalue weighted by atomic mass is 16.5. The Balaban J connectivity index is 1.65. The SMILES string of the molecule is O=C(c1cccc(COc2ccccc2)c1)N1CCOCC1. The predicted octanol–water partition coefficient (Wildman–Crippen LogP) is 2.74. The molecule has 0 radical (unpaired) electrons. The van der Waals surface area contributed by atoms with Crippen LogP contribution in [-0.4, -0.2) is 37.1 Å². The first-order valence-electron chi connectivity index (χ1n) is 7.47. The monoisotopic (exact) mass is 297 g/mol. The molecule has 1 fully saturated rings. The van der Waals surface area contributed by atoms with Crippen molar-refractivity contribution in [2.75, 3.05) is 26.3 Å². The zero-order valence-electron chi connectivity index (χ0n) is 12.4. The zero-order chi connectivity index (χ0) is 15.2. The number of hydrogen-bond donors (Lipinski definition) is 0. The average molecular weight is 297 g/mol. The molecule has 4 heteroatoms. The number of morpholine rings is 1. The summed E-state index contributed by atoms with van der Waals surface area (Å²) in [6.45, 7) is 2.99. The fraction of sp³-hybridized carbons (Fsp3) is 0.278. The minimum Gasteiger partial charge on any atom is -0.489 e. The van der Waals surface area contributed by atoms with Gasteiger partial charge in [0.1, 0.15) is 12.4 Å². The third kappa shape index (κ3) is 3.65. The number of carbonyl (C=O) groups excluding carboxylic acids is 1. The number of para-hydroxylation sites is 1. The van der Waals surface area contributed by atoms with Crippen LogP contribution in [0.5, 0.6) is 5.75 Å². The van der Waals surface area contributed by atoms with E-state index >= 15 is 0 Å². The molecule has 2 aromatic rings. The van der Waals surface area contributed by atoms with Gasteiger partial charge >= 0.3 is 0 Å². The summed E-state index contributed by atoms with van der Waals surface area (Å²) in [6, 6.07) is 17.3. The van der Waals surface area contributed by atoms with Crippen molar-refractivity contribution in [2.24, 2.45) is 0 Å². The Labute approximate surface area is 130 Å². The Kier molecular flexibility index (Phi) is 4.71. The lowest BCUT2D eigenvalue weighted by Crippen LogP contribution is -2.40. The molecule has 1 aliphatic rings. The summed E-state index contributed by atoms with van der Waals surface area (Å²) in [4.78, 5) is 14.3. The van der Waals surface area contributed by atoms with Gasteiger partial charge in [0, 0.05) is 18.7 Å². The van der Waals surface area contributed by atoms with Crippen molar-refractivity contribution in [1.82, 2.24) is 4.90 Å². The molecule has 1 aliphatic heterocycles. The average Bonchev–Trinajstić information content (AvgIpc) is 2.61. The minimum atomic E-state index is 0.0601. The van der Waals surface area contributed by atoms with Gasteiger partial charge < -0.3 is 14.4 Å². The summed E-state index contributed by atoms with van der Waals surface area (Å²) >= 11 is 0. The lowest BCUT2D eigenvalue weighted by molar-refractivity contribution is 0.0303. The number of carbonyl (C=O) groups is 1. The third-order valence-corrected chi connectivity index (χ3v) is 3.62. The summed E-state index contributed by atoms with van der Waals surface area (Å²) in [7, 11) is 0. The van der Waals surface area contributed by atoms with Gasteiger partial charge in [-0.25, -0.2) is 0 Å². The van der Waals surface area contributed by atoms with Gasteiger partial charge in [-0.05, 0) is 29.8 Å². The fourth-order valence-electron chi connectivity index (χ4n) is 2.43. The van der Waals surface area contributed by atoms with Gasteiger partial charge in [-0.15, -0.1) is 0 Å². The van der Waals surface area contributed by atoms with E-state index in [0.717, 1.165) is 11.3 Å². The van der Waals surface area contributed by atoms with Crippen LogP contribution >= 0.6 is 0 Å². The molecule has 1 amide bonds. The molecule has 0 unspecified atom stereocenters. The summed E-state index contributed by atoms with van der Waals surface area (Å²) in [6.07, 6.45) is 0. The smallest absolute Gasteiger partial charge is 0.254 e. The van der Waals surface area contributed by atoms with Gasteiger partial charge in [-0.1, -0.05) is 30.3 Å². The van der Waals surface area contributed by atoms with Crippen molar-refractivity contribution in [1.29, 1.82) is 0 Å². The van der Waals surface area contributed by atoms with E-state index in [9.17, 15) is 4.79 Å². The molecule has 3 rings (SSSR count). The van der Waals surface area contributed by atoms with Gasteiger partial charge in [0.25, 0.3) is 5.91 Å². The molecule has 114 valence electrons. The molecule has 1 saturated heterocycles. The molecule has 0 aliphatic carbocycles. The second-order valence-electron chi connectivity index (χ2n) is 5.21. The molecule has 2 aromatic carbocycles. The maximum absolute atomic E-state index is 12.5. The van der Waals surface area contributed by atoms with Crippen molar-refractivity contribution >= 4 is 5.91 Å². The van der Waals surface area contributed by atoms with E-state index in [0.29, 0.717) is 38.5 Å². The highest BCUT2D eigenvalue weighted by Gasteiger charge is 2.18. The van der Waals surface area contributed by atoms with Crippen LogP contribution in [0.3, 0.4) is 0 Å². The molecule has 0 spiro atoms. The van der Waals surface area contributed by atoms with Crippen LogP contribution in [0.4, 0.5) is 0 Å². The summed E-state index contributed by atoms with van der Waals surface area (Å²) < 4.78 is 11.0. The molecule has 0 saturated carbocycles. The number of ether oxygens (including phenoxy) is 2. The van der Waals surface area contributed by atoms with Crippen LogP contribution in [-0.2, 0) is 11.3 Å². The van der Waals surface area contributed by atoms with Crippen molar-refractivity contribution in [3.8, 4) is 5.75 Å². The van der Waals surface area contributed by atoms with E-state index in [1.165, 1.54) is 0 Å². The molecule has 0 aromatic heterocycles. The molecule has 0 N–H and O–H groups in total. The van der Waals surface area contributed by atoms with Crippen LogP contribution in [0.1, 0.15) is 15.9 Å². The van der Waals surface area contributed by atoms with E-state index in [4.69, 9.17) is 9.47 Å². The number of benzene rings is 2. The first kappa shape index (κ1) is 14.6. The lowest BCUT2D eigenvalue weighted by Gasteiger charge is -2.27. The number of hydrogen-bond acceptors (Lipinski definition) is 3. The summed E-state index contributed by atoms with van der Waals surface area (Å²) in [5.74, 6) is 0.886. The summed E-state index contributed by atoms with van der Waals surface area (Å²) in [5.41, 5.74) is 1.69. The molecular formula is C18H19NO3. The number of amides is 1. The standard InChI is InChI=1S/C18H19NO3/c20-18(19-9-11-21-12-10-19)16-6-4-5-15(13-16)14-22-17-7-2-1-3-8-17/h1-8,13H,9-12,14H2. The first-order chi connectivity index (χ1) is 10.8. The van der Waals surface area contributed by atoms with Gasteiger partial charge in [0.2, 0.25) is 0 Å². The predicted molar refractivity (Wildman–Crippen MR) is 83.9 cm³/mol. The van der Waals surface area contributed by atoms with E-state index < -0.39 is 0 Å². The number of rotatable bonds is 4. The Morgan fingerprint density at radius 3 is 2.59 bits per heavy atom. The lowest BCUT2D eigenvalue weighted by atomic mass is 10.1. The van der Waals surface area contributed by atoms with Gasteiger partial charge in [-0.3, -0.25) is 4.79 Å². The Morgan fingerprint density at radius 1 is 1.05 bits per heavy atom. The molecule has 1 heterocycles. The van der Waals surface area contributed by atoms with E-state index in [1.807, 2.05) is 59.5 Å². The van der Waals surface area contributed by atoms with Crippen molar-refractivity contribution in [3.63, 3.8) is 0 Å². The second-order valence-corrected chi connectivity index (χ2v) is 5.21. The van der Waals surface area contributed by atoms with Gasteiger partial charge in [0.05, 0.1) is 13.2 Å². The van der Waals surface area contributed by atoms with Crippen LogP contribution in [0.25, 0.3) is 0 Å². The third-order valence-electron chi connectivity index (χ3n) is 3.62. The molecule has 4 nitrogen and oxygen atoms in total. The van der Waals surface area contributed by atoms with Crippen molar-refractivity contribution < 1.29 is 14.3 Å². The summed E-state index contributed by atoms with van der Waals surface area (Å²) in [5, 5.41) is 0. The Morgan fingerprint density at radius 2 is 1.82 bits per heavy atom. The Bertz CT molecular complexity index is 621. The molecular weight excluding hydrogens is 278 g/mol. The highest BCUT2D eigenvalue weighted by molar-refractivity contribution is 5.94. The van der Waals surface area contributed by atoms with Crippen LogP contribution in [0.2, 0.25) is 0 Å². The van der Waals surface area contributed by atoms with Crippen LogP contribution in [0.15, 0.2) is 54.6 Å². The molecule has 22 heavy (non-hydrogen) atoms. The first-order valence-corrected chi connectivity index (χ1v) is 7.47. The Hall–Kier alpha value is -2.33. The fourth-order valence-corrected chi connectivity index (χ4v) is 2.43. The highest BCUT2D eigenvalue weighted by Crippen LogP contribution is 2.14. The van der Waals surface area contributed by atoms with E-state index in [-0.39, 0.29) is 5.91 Å². The van der Waals surface area contributed by atoms with Crippen LogP contribution < -0.4 is 4.74 Å². The zero-order valence-corrected chi connectivity index (χ0v) is 12.4. The van der Waals surface area contributed by atoms with E-state index in [2.05, 4.69) is 0 Å². The van der Waals surface area contributed by atoms with Gasteiger partial charge in [0.15, 0.2) is 0 Å². The largest absolute Gasteiger partial charge is 0.489 e. The minimum absolute atomic E-state index is 0.0601. The molecule has 0 bridgehead atoms. The van der Waals surface area contributed by atoms with Gasteiger partial charge in [-0.2, -0.15) is 0 Å². The maximum Gasteiger partial charge on any atom is 0.254 e. The van der Waals surface area contributed by atoms with Crippen LogP contribution in [0, 0.1) is 0 Å². The topological polar surface area (TPSA) is 38.8 Å². The molecule has 0 atom stereocenters.